The topological polar surface area (TPSA) is 65.8 Å². The van der Waals surface area contributed by atoms with Crippen LogP contribution in [0.2, 0.25) is 0 Å². The Kier molecular flexibility index (Phi) is 5.47. The van der Waals surface area contributed by atoms with Gasteiger partial charge in [0.1, 0.15) is 6.42 Å². The van der Waals surface area contributed by atoms with E-state index in [2.05, 4.69) is 26.2 Å². The minimum atomic E-state index is -0.277. The number of rotatable bonds is 5. The molecule has 106 valence electrons. The van der Waals surface area contributed by atoms with Gasteiger partial charge >= 0.3 is 0 Å². The molecule has 2 rings (SSSR count). The summed E-state index contributed by atoms with van der Waals surface area (Å²) in [6.45, 7) is 0. The van der Waals surface area contributed by atoms with Crippen LogP contribution in [0.1, 0.15) is 23.7 Å². The molecule has 0 bridgehead atoms. The number of amides is 1. The Morgan fingerprint density at radius 3 is 2.67 bits per heavy atom. The lowest BCUT2D eigenvalue weighted by molar-refractivity contribution is -0.120. The highest BCUT2D eigenvalue weighted by molar-refractivity contribution is 9.10. The van der Waals surface area contributed by atoms with Crippen LogP contribution in [-0.4, -0.2) is 10.9 Å². The zero-order chi connectivity index (χ0) is 15.1. The van der Waals surface area contributed by atoms with Crippen LogP contribution in [0.4, 0.5) is 0 Å². The van der Waals surface area contributed by atoms with Gasteiger partial charge in [0, 0.05) is 22.8 Å². The Hall–Kier alpha value is -2.19. The maximum Gasteiger partial charge on any atom is 0.234 e. The average Bonchev–Trinajstić information content (AvgIpc) is 2.49. The van der Waals surface area contributed by atoms with Gasteiger partial charge < -0.3 is 5.32 Å². The summed E-state index contributed by atoms with van der Waals surface area (Å²) in [7, 11) is 0. The van der Waals surface area contributed by atoms with E-state index >= 15 is 0 Å². The van der Waals surface area contributed by atoms with E-state index < -0.39 is 0 Å². The van der Waals surface area contributed by atoms with Crippen LogP contribution in [0.15, 0.2) is 53.1 Å². The lowest BCUT2D eigenvalue weighted by atomic mass is 10.0. The number of aromatic nitrogens is 1. The zero-order valence-electron chi connectivity index (χ0n) is 11.3. The molecule has 1 amide bonds. The average molecular weight is 344 g/mol. The molecule has 1 N–H and O–H groups in total. The first-order valence-electron chi connectivity index (χ1n) is 6.50. The predicted octanol–water partition coefficient (Wildman–Crippen LogP) is 3.16. The molecular weight excluding hydrogens is 330 g/mol. The highest BCUT2D eigenvalue weighted by atomic mass is 79.9. The van der Waals surface area contributed by atoms with E-state index in [1.165, 1.54) is 0 Å². The van der Waals surface area contributed by atoms with Crippen molar-refractivity contribution >= 4 is 21.8 Å². The van der Waals surface area contributed by atoms with Gasteiger partial charge in [0.2, 0.25) is 5.91 Å². The summed E-state index contributed by atoms with van der Waals surface area (Å²) >= 11 is 3.39. The summed E-state index contributed by atoms with van der Waals surface area (Å²) in [5, 5.41) is 11.5. The van der Waals surface area contributed by atoms with Gasteiger partial charge in [0.25, 0.3) is 0 Å². The highest BCUT2D eigenvalue weighted by Crippen LogP contribution is 2.20. The zero-order valence-corrected chi connectivity index (χ0v) is 12.9. The third-order valence-electron chi connectivity index (χ3n) is 2.99. The number of carbonyl (C=O) groups is 1. The fourth-order valence-corrected chi connectivity index (χ4v) is 2.26. The minimum Gasteiger partial charge on any atom is -0.348 e. The SMILES string of the molecule is N#CCC(=O)NC(Cc1ccccn1)c1ccc(Br)cc1. The summed E-state index contributed by atoms with van der Waals surface area (Å²) in [5.41, 5.74) is 1.87. The van der Waals surface area contributed by atoms with Crippen LogP contribution < -0.4 is 5.32 Å². The van der Waals surface area contributed by atoms with Crippen molar-refractivity contribution in [3.8, 4) is 6.07 Å². The molecule has 0 aliphatic carbocycles. The van der Waals surface area contributed by atoms with Crippen molar-refractivity contribution in [2.24, 2.45) is 0 Å². The second kappa shape index (κ2) is 7.55. The van der Waals surface area contributed by atoms with Crippen LogP contribution in [0, 0.1) is 11.3 Å². The molecule has 0 aliphatic heterocycles. The number of hydrogen-bond donors (Lipinski definition) is 1. The second-order valence-electron chi connectivity index (χ2n) is 4.53. The molecule has 0 saturated carbocycles. The number of nitriles is 1. The van der Waals surface area contributed by atoms with Crippen molar-refractivity contribution in [3.63, 3.8) is 0 Å². The first kappa shape index (κ1) is 15.2. The summed E-state index contributed by atoms with van der Waals surface area (Å²) in [5.74, 6) is -0.277. The number of benzene rings is 1. The molecule has 1 aromatic carbocycles. The molecule has 4 nitrogen and oxygen atoms in total. The third kappa shape index (κ3) is 4.69. The van der Waals surface area contributed by atoms with Gasteiger partial charge in [0.05, 0.1) is 12.1 Å². The van der Waals surface area contributed by atoms with Gasteiger partial charge in [-0.1, -0.05) is 34.1 Å². The van der Waals surface area contributed by atoms with E-state index in [1.807, 2.05) is 48.5 Å². The highest BCUT2D eigenvalue weighted by Gasteiger charge is 2.15. The van der Waals surface area contributed by atoms with Crippen molar-refractivity contribution in [3.05, 3.63) is 64.4 Å². The van der Waals surface area contributed by atoms with E-state index in [-0.39, 0.29) is 18.4 Å². The first-order chi connectivity index (χ1) is 10.2. The van der Waals surface area contributed by atoms with Gasteiger partial charge in [0.15, 0.2) is 0 Å². The molecule has 1 heterocycles. The molecule has 1 atom stereocenters. The molecule has 0 spiro atoms. The van der Waals surface area contributed by atoms with Crippen molar-refractivity contribution in [1.82, 2.24) is 10.3 Å². The Balaban J connectivity index is 2.19. The Morgan fingerprint density at radius 1 is 1.29 bits per heavy atom. The molecule has 0 fully saturated rings. The number of nitrogens with one attached hydrogen (secondary N) is 1. The van der Waals surface area contributed by atoms with Crippen molar-refractivity contribution < 1.29 is 4.79 Å². The largest absolute Gasteiger partial charge is 0.348 e. The second-order valence-corrected chi connectivity index (χ2v) is 5.45. The fraction of sp³-hybridized carbons (Fsp3) is 0.188. The first-order valence-corrected chi connectivity index (χ1v) is 7.30. The molecule has 2 aromatic rings. The van der Waals surface area contributed by atoms with Gasteiger partial charge in [-0.05, 0) is 29.8 Å². The number of carbonyl (C=O) groups excluding carboxylic acids is 1. The van der Waals surface area contributed by atoms with Crippen LogP contribution in [0.5, 0.6) is 0 Å². The number of pyridine rings is 1. The van der Waals surface area contributed by atoms with Crippen LogP contribution in [0.3, 0.4) is 0 Å². The van der Waals surface area contributed by atoms with Crippen molar-refractivity contribution in [2.45, 2.75) is 18.9 Å². The number of nitrogens with zero attached hydrogens (tertiary/aromatic N) is 2. The quantitative estimate of drug-likeness (QED) is 0.906. The van der Waals surface area contributed by atoms with Crippen molar-refractivity contribution in [2.75, 3.05) is 0 Å². The lowest BCUT2D eigenvalue weighted by Crippen LogP contribution is -2.29. The van der Waals surface area contributed by atoms with Crippen LogP contribution >= 0.6 is 15.9 Å². The van der Waals surface area contributed by atoms with Gasteiger partial charge in [-0.3, -0.25) is 9.78 Å². The normalized spacial score (nSPS) is 11.4. The molecule has 0 aliphatic rings. The van der Waals surface area contributed by atoms with Crippen molar-refractivity contribution in [1.29, 1.82) is 5.26 Å². The summed E-state index contributed by atoms with van der Waals surface area (Å²) in [4.78, 5) is 16.0. The Bertz CT molecular complexity index is 635. The monoisotopic (exact) mass is 343 g/mol. The predicted molar refractivity (Wildman–Crippen MR) is 83.2 cm³/mol. The molecule has 0 radical (unpaired) electrons. The lowest BCUT2D eigenvalue weighted by Gasteiger charge is -2.18. The maximum atomic E-state index is 11.7. The van der Waals surface area contributed by atoms with Gasteiger partial charge in [-0.2, -0.15) is 5.26 Å². The van der Waals surface area contributed by atoms with E-state index in [4.69, 9.17) is 5.26 Å². The van der Waals surface area contributed by atoms with E-state index in [1.54, 1.807) is 6.20 Å². The van der Waals surface area contributed by atoms with Gasteiger partial charge in [-0.25, -0.2) is 0 Å². The Labute approximate surface area is 132 Å². The maximum absolute atomic E-state index is 11.7. The Morgan fingerprint density at radius 2 is 2.05 bits per heavy atom. The standard InChI is InChI=1S/C16H14BrN3O/c17-13-6-4-12(5-7-13)15(20-16(21)8-9-18)11-14-3-1-2-10-19-14/h1-7,10,15H,8,11H2,(H,20,21). The van der Waals surface area contributed by atoms with E-state index in [0.29, 0.717) is 6.42 Å². The molecule has 1 unspecified atom stereocenters. The van der Waals surface area contributed by atoms with E-state index in [0.717, 1.165) is 15.7 Å². The molecule has 21 heavy (non-hydrogen) atoms. The fourth-order valence-electron chi connectivity index (χ4n) is 1.99. The van der Waals surface area contributed by atoms with Crippen LogP contribution in [-0.2, 0) is 11.2 Å². The van der Waals surface area contributed by atoms with Crippen LogP contribution in [0.25, 0.3) is 0 Å². The number of halogens is 1. The molecule has 5 heteroatoms. The molecule has 0 saturated heterocycles. The summed E-state index contributed by atoms with van der Waals surface area (Å²) < 4.78 is 0.978. The summed E-state index contributed by atoms with van der Waals surface area (Å²) in [6, 6.07) is 15.1. The smallest absolute Gasteiger partial charge is 0.234 e. The minimum absolute atomic E-state index is 0.144. The summed E-state index contributed by atoms with van der Waals surface area (Å²) in [6.07, 6.45) is 2.17. The third-order valence-corrected chi connectivity index (χ3v) is 3.52. The van der Waals surface area contributed by atoms with E-state index in [9.17, 15) is 4.79 Å². The van der Waals surface area contributed by atoms with Gasteiger partial charge in [-0.15, -0.1) is 0 Å². The number of hydrogen-bond acceptors (Lipinski definition) is 3. The molecule has 1 aromatic heterocycles. The molecular formula is C16H14BrN3O.